The molecule has 6 heteroatoms. The van der Waals surface area contributed by atoms with Crippen LogP contribution in [0.4, 0.5) is 4.39 Å². The number of carbonyl (C=O) groups is 1. The van der Waals surface area contributed by atoms with Gasteiger partial charge in [0.1, 0.15) is 17.8 Å². The van der Waals surface area contributed by atoms with Crippen molar-refractivity contribution < 1.29 is 23.1 Å². The third-order valence-corrected chi connectivity index (χ3v) is 2.32. The normalized spacial score (nSPS) is 10.3. The lowest BCUT2D eigenvalue weighted by molar-refractivity contribution is 0.0519. The average Bonchev–Trinajstić information content (AvgIpc) is 2.83. The summed E-state index contributed by atoms with van der Waals surface area (Å²) in [5.41, 5.74) is 0.725. The Bertz CT molecular complexity index is 594. The molecule has 0 unspecified atom stereocenters. The van der Waals surface area contributed by atoms with Crippen LogP contribution in [0, 0.1) is 12.7 Å². The summed E-state index contributed by atoms with van der Waals surface area (Å²) in [5, 5.41) is 0. The Morgan fingerprint density at radius 2 is 2.26 bits per heavy atom. The number of rotatable bonds is 4. The monoisotopic (exact) mass is 265 g/mol. The fourth-order valence-corrected chi connectivity index (χ4v) is 1.38. The maximum Gasteiger partial charge on any atom is 0.399 e. The lowest BCUT2D eigenvalue weighted by atomic mass is 10.2. The molecule has 1 heterocycles. The Morgan fingerprint density at radius 1 is 1.47 bits per heavy atom. The topological polar surface area (TPSA) is 61.6 Å². The number of oxazole rings is 1. The van der Waals surface area contributed by atoms with Gasteiger partial charge in [-0.1, -0.05) is 6.07 Å². The number of nitrogens with zero attached hydrogens (tertiary/aromatic N) is 1. The van der Waals surface area contributed by atoms with E-state index in [4.69, 9.17) is 13.9 Å². The molecule has 100 valence electrons. The molecule has 0 aliphatic rings. The van der Waals surface area contributed by atoms with Crippen molar-refractivity contribution in [3.63, 3.8) is 0 Å². The first-order valence-corrected chi connectivity index (χ1v) is 5.67. The van der Waals surface area contributed by atoms with Crippen molar-refractivity contribution in [1.29, 1.82) is 0 Å². The summed E-state index contributed by atoms with van der Waals surface area (Å²) >= 11 is 0. The van der Waals surface area contributed by atoms with Crippen LogP contribution in [0.15, 0.2) is 28.9 Å². The number of aromatic nitrogens is 1. The summed E-state index contributed by atoms with van der Waals surface area (Å²) in [5.74, 6) is -0.757. The van der Waals surface area contributed by atoms with Crippen molar-refractivity contribution >= 4 is 5.97 Å². The number of ether oxygens (including phenoxy) is 2. The lowest BCUT2D eigenvalue weighted by Crippen LogP contribution is -2.04. The summed E-state index contributed by atoms with van der Waals surface area (Å²) in [6.45, 7) is 3.68. The van der Waals surface area contributed by atoms with Crippen LogP contribution in [-0.4, -0.2) is 17.6 Å². The third kappa shape index (κ3) is 3.09. The van der Waals surface area contributed by atoms with Crippen LogP contribution in [0.3, 0.4) is 0 Å². The molecular formula is C13H12FNO4. The van der Waals surface area contributed by atoms with Crippen molar-refractivity contribution in [3.8, 4) is 11.8 Å². The minimum atomic E-state index is -0.600. The van der Waals surface area contributed by atoms with Gasteiger partial charge in [0, 0.05) is 6.07 Å². The highest BCUT2D eigenvalue weighted by Crippen LogP contribution is 2.25. The zero-order chi connectivity index (χ0) is 13.8. The van der Waals surface area contributed by atoms with Gasteiger partial charge in [0.15, 0.2) is 5.69 Å². The van der Waals surface area contributed by atoms with Gasteiger partial charge in [-0.3, -0.25) is 0 Å². The van der Waals surface area contributed by atoms with Gasteiger partial charge >= 0.3 is 12.0 Å². The first-order chi connectivity index (χ1) is 9.10. The van der Waals surface area contributed by atoms with Crippen molar-refractivity contribution in [2.45, 2.75) is 13.8 Å². The van der Waals surface area contributed by atoms with Gasteiger partial charge in [0.2, 0.25) is 0 Å². The summed E-state index contributed by atoms with van der Waals surface area (Å²) in [4.78, 5) is 15.2. The van der Waals surface area contributed by atoms with Gasteiger partial charge in [-0.05, 0) is 25.5 Å². The predicted octanol–water partition coefficient (Wildman–Crippen LogP) is 3.09. The Kier molecular flexibility index (Phi) is 3.79. The zero-order valence-corrected chi connectivity index (χ0v) is 10.5. The molecule has 1 aromatic carbocycles. The first-order valence-electron chi connectivity index (χ1n) is 5.67. The lowest BCUT2D eigenvalue weighted by Gasteiger charge is -2.04. The summed E-state index contributed by atoms with van der Waals surface area (Å²) in [7, 11) is 0. The summed E-state index contributed by atoms with van der Waals surface area (Å²) in [6, 6.07) is 4.10. The second-order valence-corrected chi connectivity index (χ2v) is 3.73. The zero-order valence-electron chi connectivity index (χ0n) is 10.5. The summed E-state index contributed by atoms with van der Waals surface area (Å²) < 4.78 is 28.1. The van der Waals surface area contributed by atoms with E-state index < -0.39 is 11.8 Å². The average molecular weight is 265 g/mol. The van der Waals surface area contributed by atoms with Gasteiger partial charge in [-0.2, -0.15) is 4.98 Å². The van der Waals surface area contributed by atoms with E-state index in [1.165, 1.54) is 12.1 Å². The van der Waals surface area contributed by atoms with E-state index in [9.17, 15) is 9.18 Å². The number of halogens is 1. The molecule has 2 rings (SSSR count). The Morgan fingerprint density at radius 3 is 3.00 bits per heavy atom. The van der Waals surface area contributed by atoms with Crippen LogP contribution in [-0.2, 0) is 4.74 Å². The highest BCUT2D eigenvalue weighted by Gasteiger charge is 2.15. The Labute approximate surface area is 109 Å². The van der Waals surface area contributed by atoms with E-state index in [-0.39, 0.29) is 24.1 Å². The summed E-state index contributed by atoms with van der Waals surface area (Å²) in [6.07, 6.45) is 0.985. The molecule has 0 aliphatic carbocycles. The molecule has 0 atom stereocenters. The van der Waals surface area contributed by atoms with Crippen molar-refractivity contribution in [3.05, 3.63) is 41.5 Å². The second kappa shape index (κ2) is 5.51. The molecule has 2 aromatic rings. The van der Waals surface area contributed by atoms with Crippen LogP contribution in [0.25, 0.3) is 0 Å². The molecule has 0 bridgehead atoms. The van der Waals surface area contributed by atoms with E-state index >= 15 is 0 Å². The van der Waals surface area contributed by atoms with Gasteiger partial charge < -0.3 is 13.9 Å². The smallest absolute Gasteiger partial charge is 0.399 e. The van der Waals surface area contributed by atoms with Crippen LogP contribution in [0.2, 0.25) is 0 Å². The molecule has 0 amide bonds. The first kappa shape index (κ1) is 13.1. The molecule has 0 radical (unpaired) electrons. The van der Waals surface area contributed by atoms with E-state index in [0.717, 1.165) is 11.8 Å². The molecular weight excluding hydrogens is 253 g/mol. The van der Waals surface area contributed by atoms with Crippen LogP contribution >= 0.6 is 0 Å². The fourth-order valence-electron chi connectivity index (χ4n) is 1.38. The fraction of sp³-hybridized carbons (Fsp3) is 0.231. The molecule has 0 saturated heterocycles. The molecule has 0 N–H and O–H groups in total. The molecule has 0 spiro atoms. The number of aryl methyl sites for hydroxylation is 1. The Hall–Kier alpha value is -2.37. The van der Waals surface area contributed by atoms with Crippen molar-refractivity contribution in [1.82, 2.24) is 4.98 Å². The van der Waals surface area contributed by atoms with E-state index in [0.29, 0.717) is 0 Å². The Balaban J connectivity index is 2.15. The van der Waals surface area contributed by atoms with Gasteiger partial charge in [0.25, 0.3) is 0 Å². The van der Waals surface area contributed by atoms with Gasteiger partial charge in [-0.15, -0.1) is 0 Å². The van der Waals surface area contributed by atoms with Gasteiger partial charge in [0.05, 0.1) is 6.61 Å². The maximum absolute atomic E-state index is 13.1. The highest BCUT2D eigenvalue weighted by atomic mass is 19.1. The molecule has 0 saturated carbocycles. The second-order valence-electron chi connectivity index (χ2n) is 3.73. The maximum atomic E-state index is 13.1. The SMILES string of the molecule is CCOC(=O)c1coc(Oc2cc(F)ccc2C)n1. The number of esters is 1. The largest absolute Gasteiger partial charge is 0.461 e. The van der Waals surface area contributed by atoms with E-state index in [1.807, 2.05) is 0 Å². The predicted molar refractivity (Wildman–Crippen MR) is 63.7 cm³/mol. The van der Waals surface area contributed by atoms with E-state index in [2.05, 4.69) is 4.98 Å². The molecule has 1 aromatic heterocycles. The number of carbonyl (C=O) groups excluding carboxylic acids is 1. The van der Waals surface area contributed by atoms with E-state index in [1.54, 1.807) is 19.9 Å². The van der Waals surface area contributed by atoms with Crippen molar-refractivity contribution in [2.75, 3.05) is 6.61 Å². The molecule has 0 fully saturated rings. The number of hydrogen-bond donors (Lipinski definition) is 0. The standard InChI is InChI=1S/C13H12FNO4/c1-3-17-12(16)10-7-18-13(15-10)19-11-6-9(14)5-4-8(11)2/h4-7H,3H2,1-2H3. The molecule has 5 nitrogen and oxygen atoms in total. The minimum Gasteiger partial charge on any atom is -0.461 e. The number of hydrogen-bond acceptors (Lipinski definition) is 5. The van der Waals surface area contributed by atoms with Crippen molar-refractivity contribution in [2.24, 2.45) is 0 Å². The van der Waals surface area contributed by atoms with Gasteiger partial charge in [-0.25, -0.2) is 9.18 Å². The quantitative estimate of drug-likeness (QED) is 0.795. The third-order valence-electron chi connectivity index (χ3n) is 2.32. The number of benzene rings is 1. The molecule has 19 heavy (non-hydrogen) atoms. The molecule has 0 aliphatic heterocycles. The van der Waals surface area contributed by atoms with Crippen LogP contribution < -0.4 is 4.74 Å². The highest BCUT2D eigenvalue weighted by molar-refractivity contribution is 5.86. The van der Waals surface area contributed by atoms with Crippen LogP contribution in [0.5, 0.6) is 11.8 Å². The minimum absolute atomic E-state index is 0.00547. The van der Waals surface area contributed by atoms with Crippen LogP contribution in [0.1, 0.15) is 23.0 Å².